The number of carbonyl (C=O) groups is 4. The van der Waals surface area contributed by atoms with Crippen molar-refractivity contribution in [3.8, 4) is 0 Å². The Morgan fingerprint density at radius 2 is 1.76 bits per heavy atom. The molecule has 1 unspecified atom stereocenters. The molecule has 3 N–H and O–H groups in total. The Labute approximate surface area is 168 Å². The van der Waals surface area contributed by atoms with Crippen molar-refractivity contribution in [2.24, 2.45) is 5.92 Å². The lowest BCUT2D eigenvalue weighted by Crippen LogP contribution is -2.33. The van der Waals surface area contributed by atoms with Crippen LogP contribution in [0.1, 0.15) is 55.8 Å². The van der Waals surface area contributed by atoms with E-state index in [4.69, 9.17) is 14.9 Å². The van der Waals surface area contributed by atoms with Gasteiger partial charge in [-0.3, -0.25) is 14.4 Å². The van der Waals surface area contributed by atoms with Gasteiger partial charge in [0.15, 0.2) is 0 Å². The number of nitrogens with one attached hydrogen (secondary N) is 1. The van der Waals surface area contributed by atoms with Crippen LogP contribution in [0.15, 0.2) is 30.3 Å². The number of carbonyl (C=O) groups excluding carboxylic acids is 2. The van der Waals surface area contributed by atoms with Crippen molar-refractivity contribution < 1.29 is 34.1 Å². The third-order valence-electron chi connectivity index (χ3n) is 4.71. The highest BCUT2D eigenvalue weighted by Crippen LogP contribution is 2.29. The first-order valence-electron chi connectivity index (χ1n) is 9.55. The zero-order valence-corrected chi connectivity index (χ0v) is 16.0. The van der Waals surface area contributed by atoms with Gasteiger partial charge in [-0.1, -0.05) is 37.1 Å². The van der Waals surface area contributed by atoms with Crippen molar-refractivity contribution in [2.75, 3.05) is 6.54 Å². The normalized spacial score (nSPS) is 15.2. The molecule has 1 fully saturated rings. The number of carboxylic acid groups (broad SMARTS) is 2. The van der Waals surface area contributed by atoms with E-state index in [-0.39, 0.29) is 25.3 Å². The predicted octanol–water partition coefficient (Wildman–Crippen LogP) is 2.54. The van der Waals surface area contributed by atoms with Gasteiger partial charge in [0.05, 0.1) is 6.42 Å². The molecule has 8 nitrogen and oxygen atoms in total. The first-order chi connectivity index (χ1) is 13.8. The molecule has 1 saturated carbocycles. The molecule has 2 rings (SSSR count). The summed E-state index contributed by atoms with van der Waals surface area (Å²) in [7, 11) is 0. The second-order valence-electron chi connectivity index (χ2n) is 7.00. The molecule has 1 aliphatic rings. The van der Waals surface area contributed by atoms with Crippen LogP contribution in [0.2, 0.25) is 0 Å². The van der Waals surface area contributed by atoms with Gasteiger partial charge in [0.1, 0.15) is 0 Å². The van der Waals surface area contributed by atoms with Crippen LogP contribution in [0, 0.1) is 5.92 Å². The molecule has 0 aliphatic heterocycles. The Balaban J connectivity index is 2.09. The minimum atomic E-state index is -1.20. The minimum absolute atomic E-state index is 0.0791. The second kappa shape index (κ2) is 11.0. The van der Waals surface area contributed by atoms with Gasteiger partial charge >= 0.3 is 17.9 Å². The number of esters is 1. The van der Waals surface area contributed by atoms with Crippen LogP contribution in [0.3, 0.4) is 0 Å². The molecule has 0 heterocycles. The fourth-order valence-corrected chi connectivity index (χ4v) is 3.24. The monoisotopic (exact) mass is 403 g/mol. The van der Waals surface area contributed by atoms with Gasteiger partial charge in [-0.15, -0.1) is 0 Å². The summed E-state index contributed by atoms with van der Waals surface area (Å²) in [6, 6.07) is 6.37. The molecule has 1 atom stereocenters. The number of rotatable bonds is 10. The molecule has 0 spiro atoms. The summed E-state index contributed by atoms with van der Waals surface area (Å²) in [4.78, 5) is 46.1. The standard InChI is InChI=1S/C21H25NO7/c23-17(24)10-7-14-5-8-16(9-6-14)20(21(28)22-12-11-18(25)26)29-19(27)13-15-3-1-2-4-15/h5-10,15,20H,1-4,11-13H2,(H,22,28)(H,23,24)(H,25,26)/b10-7+. The van der Waals surface area contributed by atoms with Gasteiger partial charge in [0.25, 0.3) is 5.91 Å². The maximum Gasteiger partial charge on any atom is 0.328 e. The molecule has 0 bridgehead atoms. The number of benzene rings is 1. The third kappa shape index (κ3) is 7.77. The smallest absolute Gasteiger partial charge is 0.328 e. The summed E-state index contributed by atoms with van der Waals surface area (Å²) in [6.07, 6.45) is 5.31. The number of carboxylic acids is 2. The van der Waals surface area contributed by atoms with Crippen LogP contribution >= 0.6 is 0 Å². The van der Waals surface area contributed by atoms with Gasteiger partial charge in [0, 0.05) is 24.6 Å². The molecule has 156 valence electrons. The van der Waals surface area contributed by atoms with E-state index in [0.29, 0.717) is 11.1 Å². The average molecular weight is 403 g/mol. The van der Waals surface area contributed by atoms with Crippen molar-refractivity contribution in [3.63, 3.8) is 0 Å². The van der Waals surface area contributed by atoms with Crippen molar-refractivity contribution in [3.05, 3.63) is 41.5 Å². The third-order valence-corrected chi connectivity index (χ3v) is 4.71. The number of hydrogen-bond acceptors (Lipinski definition) is 5. The molecule has 1 aromatic rings. The van der Waals surface area contributed by atoms with E-state index in [1.165, 1.54) is 6.08 Å². The molecule has 8 heteroatoms. The molecular weight excluding hydrogens is 378 g/mol. The largest absolute Gasteiger partial charge is 0.481 e. The topological polar surface area (TPSA) is 130 Å². The first-order valence-corrected chi connectivity index (χ1v) is 9.55. The van der Waals surface area contributed by atoms with Gasteiger partial charge in [-0.2, -0.15) is 0 Å². The average Bonchev–Trinajstić information content (AvgIpc) is 3.17. The second-order valence-corrected chi connectivity index (χ2v) is 7.00. The Morgan fingerprint density at radius 1 is 1.10 bits per heavy atom. The van der Waals surface area contributed by atoms with Crippen molar-refractivity contribution in [1.82, 2.24) is 5.32 Å². The van der Waals surface area contributed by atoms with Crippen molar-refractivity contribution >= 4 is 29.9 Å². The van der Waals surface area contributed by atoms with Gasteiger partial charge in [0.2, 0.25) is 6.10 Å². The number of ether oxygens (including phenoxy) is 1. The summed E-state index contributed by atoms with van der Waals surface area (Å²) in [6.45, 7) is -0.0791. The van der Waals surface area contributed by atoms with E-state index in [0.717, 1.165) is 31.8 Å². The zero-order valence-electron chi connectivity index (χ0n) is 16.0. The van der Waals surface area contributed by atoms with E-state index in [9.17, 15) is 19.2 Å². The number of amides is 1. The molecular formula is C21H25NO7. The lowest BCUT2D eigenvalue weighted by Gasteiger charge is -2.19. The van der Waals surface area contributed by atoms with Gasteiger partial charge in [-0.25, -0.2) is 4.79 Å². The fourth-order valence-electron chi connectivity index (χ4n) is 3.24. The predicted molar refractivity (Wildman–Crippen MR) is 104 cm³/mol. The van der Waals surface area contributed by atoms with E-state index in [1.54, 1.807) is 24.3 Å². The highest BCUT2D eigenvalue weighted by atomic mass is 16.5. The Hall–Kier alpha value is -3.16. The summed E-state index contributed by atoms with van der Waals surface area (Å²) in [5.74, 6) is -2.92. The van der Waals surface area contributed by atoms with Crippen molar-refractivity contribution in [1.29, 1.82) is 0 Å². The van der Waals surface area contributed by atoms with Crippen molar-refractivity contribution in [2.45, 2.75) is 44.6 Å². The SMILES string of the molecule is O=C(O)/C=C/c1ccc(C(OC(=O)CC2CCCC2)C(=O)NCCC(=O)O)cc1. The van der Waals surface area contributed by atoms with Crippen LogP contribution in [0.5, 0.6) is 0 Å². The minimum Gasteiger partial charge on any atom is -0.481 e. The lowest BCUT2D eigenvalue weighted by molar-refractivity contribution is -0.157. The van der Waals surface area contributed by atoms with E-state index < -0.39 is 29.9 Å². The molecule has 29 heavy (non-hydrogen) atoms. The molecule has 0 radical (unpaired) electrons. The Morgan fingerprint density at radius 3 is 2.34 bits per heavy atom. The van der Waals surface area contributed by atoms with Gasteiger partial charge < -0.3 is 20.3 Å². The maximum atomic E-state index is 12.5. The highest BCUT2D eigenvalue weighted by Gasteiger charge is 2.27. The Kier molecular flexibility index (Phi) is 8.39. The highest BCUT2D eigenvalue weighted by molar-refractivity contribution is 5.86. The quantitative estimate of drug-likeness (QED) is 0.404. The first kappa shape index (κ1) is 22.1. The summed E-state index contributed by atoms with van der Waals surface area (Å²) in [5, 5.41) is 19.9. The molecule has 1 amide bonds. The fraction of sp³-hybridized carbons (Fsp3) is 0.429. The molecule has 1 aliphatic carbocycles. The zero-order chi connectivity index (χ0) is 21.2. The van der Waals surface area contributed by atoms with Crippen LogP contribution in [-0.2, 0) is 23.9 Å². The summed E-state index contributed by atoms with van der Waals surface area (Å²) < 4.78 is 5.45. The molecule has 0 aromatic heterocycles. The van der Waals surface area contributed by atoms with Crippen LogP contribution < -0.4 is 5.32 Å². The molecule has 1 aromatic carbocycles. The summed E-state index contributed by atoms with van der Waals surface area (Å²) in [5.41, 5.74) is 1.03. The maximum absolute atomic E-state index is 12.5. The van der Waals surface area contributed by atoms with E-state index in [2.05, 4.69) is 5.32 Å². The van der Waals surface area contributed by atoms with E-state index in [1.807, 2.05) is 0 Å². The molecule has 0 saturated heterocycles. The number of aliphatic carboxylic acids is 2. The van der Waals surface area contributed by atoms with E-state index >= 15 is 0 Å². The van der Waals surface area contributed by atoms with Crippen LogP contribution in [-0.4, -0.2) is 40.6 Å². The van der Waals surface area contributed by atoms with Crippen LogP contribution in [0.4, 0.5) is 0 Å². The Bertz CT molecular complexity index is 764. The summed E-state index contributed by atoms with van der Waals surface area (Å²) >= 11 is 0. The van der Waals surface area contributed by atoms with Crippen LogP contribution in [0.25, 0.3) is 6.08 Å². The lowest BCUT2D eigenvalue weighted by atomic mass is 10.0. The number of hydrogen-bond donors (Lipinski definition) is 3. The van der Waals surface area contributed by atoms with Gasteiger partial charge in [-0.05, 0) is 30.4 Å².